The highest BCUT2D eigenvalue weighted by atomic mass is 32.1. The van der Waals surface area contributed by atoms with E-state index in [1.54, 1.807) is 11.3 Å². The Balaban J connectivity index is 1.78. The number of nitrogens with one attached hydrogen (secondary N) is 2. The average molecular weight is 210 g/mol. The Morgan fingerprint density at radius 1 is 1.71 bits per heavy atom. The molecule has 0 bridgehead atoms. The van der Waals surface area contributed by atoms with Crippen LogP contribution in [-0.2, 0) is 11.2 Å². The lowest BCUT2D eigenvalue weighted by Gasteiger charge is -2.10. The Morgan fingerprint density at radius 3 is 3.29 bits per heavy atom. The van der Waals surface area contributed by atoms with Crippen molar-refractivity contribution in [2.24, 2.45) is 0 Å². The number of thiophene rings is 1. The van der Waals surface area contributed by atoms with Crippen LogP contribution in [0.25, 0.3) is 0 Å². The summed E-state index contributed by atoms with van der Waals surface area (Å²) in [4.78, 5) is 12.7. The van der Waals surface area contributed by atoms with Gasteiger partial charge in [-0.25, -0.2) is 0 Å². The summed E-state index contributed by atoms with van der Waals surface area (Å²) in [5.74, 6) is 0.140. The Kier molecular flexibility index (Phi) is 3.16. The van der Waals surface area contributed by atoms with Gasteiger partial charge >= 0.3 is 0 Å². The molecule has 4 heteroatoms. The predicted octanol–water partition coefficient (Wildman–Crippen LogP) is 0.769. The molecule has 1 aromatic rings. The molecular formula is C10H14N2OS. The number of carbonyl (C=O) groups excluding carboxylic acids is 1. The van der Waals surface area contributed by atoms with Crippen LogP contribution < -0.4 is 10.6 Å². The third-order valence-corrected chi connectivity index (χ3v) is 3.22. The van der Waals surface area contributed by atoms with Crippen LogP contribution in [0.2, 0.25) is 0 Å². The van der Waals surface area contributed by atoms with E-state index in [0.717, 1.165) is 24.4 Å². The topological polar surface area (TPSA) is 41.1 Å². The maximum Gasteiger partial charge on any atom is 0.225 e. The highest BCUT2D eigenvalue weighted by Crippen LogP contribution is 2.09. The van der Waals surface area contributed by atoms with Crippen LogP contribution in [-0.4, -0.2) is 25.0 Å². The van der Waals surface area contributed by atoms with Gasteiger partial charge in [0.2, 0.25) is 5.91 Å². The molecule has 1 saturated heterocycles. The molecule has 1 unspecified atom stereocenters. The van der Waals surface area contributed by atoms with Crippen molar-refractivity contribution >= 4 is 17.2 Å². The fourth-order valence-corrected chi connectivity index (χ4v) is 2.33. The molecule has 2 N–H and O–H groups in total. The van der Waals surface area contributed by atoms with Gasteiger partial charge in [0.05, 0.1) is 6.42 Å². The quantitative estimate of drug-likeness (QED) is 0.773. The number of rotatable bonds is 3. The summed E-state index contributed by atoms with van der Waals surface area (Å²) in [6.45, 7) is 1.93. The van der Waals surface area contributed by atoms with E-state index in [2.05, 4.69) is 10.6 Å². The largest absolute Gasteiger partial charge is 0.352 e. The first kappa shape index (κ1) is 9.68. The molecule has 0 spiro atoms. The Labute approximate surface area is 87.5 Å². The number of carbonyl (C=O) groups is 1. The van der Waals surface area contributed by atoms with Crippen LogP contribution in [0.3, 0.4) is 0 Å². The van der Waals surface area contributed by atoms with E-state index in [-0.39, 0.29) is 5.91 Å². The third kappa shape index (κ3) is 2.56. The summed E-state index contributed by atoms with van der Waals surface area (Å²) in [5, 5.41) is 8.25. The minimum atomic E-state index is 0.140. The minimum absolute atomic E-state index is 0.140. The molecule has 0 aliphatic carbocycles. The van der Waals surface area contributed by atoms with Gasteiger partial charge in [-0.15, -0.1) is 11.3 Å². The summed E-state index contributed by atoms with van der Waals surface area (Å²) in [6.07, 6.45) is 1.57. The van der Waals surface area contributed by atoms with Gasteiger partial charge in [0.1, 0.15) is 0 Å². The first-order chi connectivity index (χ1) is 6.84. The zero-order valence-electron chi connectivity index (χ0n) is 7.95. The first-order valence-corrected chi connectivity index (χ1v) is 5.75. The molecule has 1 aliphatic rings. The Hall–Kier alpha value is -0.870. The molecule has 14 heavy (non-hydrogen) atoms. The van der Waals surface area contributed by atoms with E-state index < -0.39 is 0 Å². The number of hydrogen-bond donors (Lipinski definition) is 2. The van der Waals surface area contributed by atoms with Crippen molar-refractivity contribution in [3.8, 4) is 0 Å². The molecule has 0 radical (unpaired) electrons. The predicted molar refractivity (Wildman–Crippen MR) is 57.4 cm³/mol. The van der Waals surface area contributed by atoms with Gasteiger partial charge < -0.3 is 10.6 Å². The smallest absolute Gasteiger partial charge is 0.225 e. The lowest BCUT2D eigenvalue weighted by molar-refractivity contribution is -0.120. The SMILES string of the molecule is O=C(Cc1cccs1)NC1CCNC1. The summed E-state index contributed by atoms with van der Waals surface area (Å²) in [6, 6.07) is 4.31. The van der Waals surface area contributed by atoms with Gasteiger partial charge in [-0.3, -0.25) is 4.79 Å². The van der Waals surface area contributed by atoms with E-state index in [1.807, 2.05) is 17.5 Å². The minimum Gasteiger partial charge on any atom is -0.352 e. The second-order valence-electron chi connectivity index (χ2n) is 3.51. The maximum absolute atomic E-state index is 11.5. The maximum atomic E-state index is 11.5. The zero-order valence-corrected chi connectivity index (χ0v) is 8.77. The lowest BCUT2D eigenvalue weighted by Crippen LogP contribution is -2.36. The van der Waals surface area contributed by atoms with Crippen molar-refractivity contribution in [3.63, 3.8) is 0 Å². The number of amides is 1. The van der Waals surface area contributed by atoms with Crippen molar-refractivity contribution in [1.29, 1.82) is 0 Å². The van der Waals surface area contributed by atoms with Crippen molar-refractivity contribution in [1.82, 2.24) is 10.6 Å². The molecule has 2 heterocycles. The van der Waals surface area contributed by atoms with E-state index in [0.29, 0.717) is 12.5 Å². The molecule has 0 aromatic carbocycles. The molecule has 3 nitrogen and oxygen atoms in total. The Morgan fingerprint density at radius 2 is 2.64 bits per heavy atom. The first-order valence-electron chi connectivity index (χ1n) is 4.87. The van der Waals surface area contributed by atoms with Gasteiger partial charge in [0.25, 0.3) is 0 Å². The van der Waals surface area contributed by atoms with E-state index >= 15 is 0 Å². The molecular weight excluding hydrogens is 196 g/mol. The molecule has 1 atom stereocenters. The zero-order chi connectivity index (χ0) is 9.80. The van der Waals surface area contributed by atoms with Gasteiger partial charge in [0.15, 0.2) is 0 Å². The lowest BCUT2D eigenvalue weighted by atomic mass is 10.2. The summed E-state index contributed by atoms with van der Waals surface area (Å²) in [5.41, 5.74) is 0. The van der Waals surface area contributed by atoms with Gasteiger partial charge in [-0.05, 0) is 24.4 Å². The van der Waals surface area contributed by atoms with Crippen LogP contribution >= 0.6 is 11.3 Å². The van der Waals surface area contributed by atoms with Gasteiger partial charge in [-0.2, -0.15) is 0 Å². The highest BCUT2D eigenvalue weighted by Gasteiger charge is 2.16. The van der Waals surface area contributed by atoms with Crippen molar-refractivity contribution in [2.75, 3.05) is 13.1 Å². The normalized spacial score (nSPS) is 21.0. The molecule has 0 saturated carbocycles. The van der Waals surface area contributed by atoms with Crippen LogP contribution in [0.1, 0.15) is 11.3 Å². The van der Waals surface area contributed by atoms with E-state index in [1.165, 1.54) is 0 Å². The monoisotopic (exact) mass is 210 g/mol. The number of hydrogen-bond acceptors (Lipinski definition) is 3. The van der Waals surface area contributed by atoms with Crippen LogP contribution in [0, 0.1) is 0 Å². The molecule has 76 valence electrons. The third-order valence-electron chi connectivity index (χ3n) is 2.34. The van der Waals surface area contributed by atoms with E-state index in [9.17, 15) is 4.79 Å². The van der Waals surface area contributed by atoms with E-state index in [4.69, 9.17) is 0 Å². The van der Waals surface area contributed by atoms with Crippen LogP contribution in [0.4, 0.5) is 0 Å². The average Bonchev–Trinajstić information content (AvgIpc) is 2.76. The second kappa shape index (κ2) is 4.57. The standard InChI is InChI=1S/C10H14N2OS/c13-10(6-9-2-1-5-14-9)12-8-3-4-11-7-8/h1-2,5,8,11H,3-4,6-7H2,(H,12,13). The molecule has 1 fully saturated rings. The van der Waals surface area contributed by atoms with Crippen molar-refractivity contribution in [2.45, 2.75) is 18.9 Å². The van der Waals surface area contributed by atoms with Crippen LogP contribution in [0.15, 0.2) is 17.5 Å². The second-order valence-corrected chi connectivity index (χ2v) is 4.55. The summed E-state index contributed by atoms with van der Waals surface area (Å²) in [7, 11) is 0. The fourth-order valence-electron chi connectivity index (χ4n) is 1.63. The van der Waals surface area contributed by atoms with Gasteiger partial charge in [-0.1, -0.05) is 6.07 Å². The summed E-state index contributed by atoms with van der Waals surface area (Å²) >= 11 is 1.63. The van der Waals surface area contributed by atoms with Crippen molar-refractivity contribution < 1.29 is 4.79 Å². The fraction of sp³-hybridized carbons (Fsp3) is 0.500. The Bertz CT molecular complexity index is 291. The molecule has 1 amide bonds. The highest BCUT2D eigenvalue weighted by molar-refractivity contribution is 7.10. The van der Waals surface area contributed by atoms with Crippen LogP contribution in [0.5, 0.6) is 0 Å². The molecule has 2 rings (SSSR count). The van der Waals surface area contributed by atoms with Crippen molar-refractivity contribution in [3.05, 3.63) is 22.4 Å². The molecule has 1 aromatic heterocycles. The van der Waals surface area contributed by atoms with Gasteiger partial charge in [0, 0.05) is 17.5 Å². The molecule has 1 aliphatic heterocycles. The summed E-state index contributed by atoms with van der Waals surface area (Å²) < 4.78 is 0.